The molecule has 5 heteroatoms. The normalized spacial score (nSPS) is 20.0. The molecule has 1 saturated carbocycles. The lowest BCUT2D eigenvalue weighted by molar-refractivity contribution is 0.225. The van der Waals surface area contributed by atoms with E-state index < -0.39 is 5.82 Å². The van der Waals surface area contributed by atoms with Crippen molar-refractivity contribution in [1.29, 1.82) is 5.26 Å². The molecule has 0 spiro atoms. The number of rotatable bonds is 4. The Hall–Kier alpha value is -2.48. The van der Waals surface area contributed by atoms with E-state index in [9.17, 15) is 4.39 Å². The minimum absolute atomic E-state index is 0.297. The van der Waals surface area contributed by atoms with Crippen molar-refractivity contribution in [2.75, 3.05) is 11.9 Å². The number of anilines is 1. The van der Waals surface area contributed by atoms with Crippen LogP contribution in [-0.2, 0) is 0 Å². The summed E-state index contributed by atoms with van der Waals surface area (Å²) in [6, 6.07) is 9.72. The highest BCUT2D eigenvalue weighted by Gasteiger charge is 2.24. The van der Waals surface area contributed by atoms with Crippen LogP contribution >= 0.6 is 0 Å². The predicted octanol–water partition coefficient (Wildman–Crippen LogP) is 3.61. The Labute approximate surface area is 129 Å². The van der Waals surface area contributed by atoms with Gasteiger partial charge in [0.05, 0.1) is 17.3 Å². The van der Waals surface area contributed by atoms with E-state index in [1.165, 1.54) is 31.0 Å². The molecule has 1 aromatic carbocycles. The fourth-order valence-electron chi connectivity index (χ4n) is 2.85. The lowest BCUT2D eigenvalue weighted by atomic mass is 9.76. The molecule has 4 nitrogen and oxygen atoms in total. The van der Waals surface area contributed by atoms with E-state index in [1.54, 1.807) is 12.1 Å². The minimum Gasteiger partial charge on any atom is -0.368 e. The van der Waals surface area contributed by atoms with Crippen LogP contribution in [0.4, 0.5) is 10.2 Å². The molecule has 112 valence electrons. The third kappa shape index (κ3) is 3.06. The molecule has 0 atom stereocenters. The molecular weight excluding hydrogens is 279 g/mol. The number of halogens is 1. The van der Waals surface area contributed by atoms with Gasteiger partial charge in [0.1, 0.15) is 11.6 Å². The fourth-order valence-corrected chi connectivity index (χ4v) is 2.85. The summed E-state index contributed by atoms with van der Waals surface area (Å²) in [5.41, 5.74) is 1.13. The second kappa shape index (κ2) is 6.10. The zero-order chi connectivity index (χ0) is 15.5. The maximum absolute atomic E-state index is 13.8. The van der Waals surface area contributed by atoms with Crippen LogP contribution in [0.2, 0.25) is 0 Å². The Morgan fingerprint density at radius 2 is 2.09 bits per heavy atom. The molecule has 22 heavy (non-hydrogen) atoms. The van der Waals surface area contributed by atoms with Gasteiger partial charge in [0.2, 0.25) is 0 Å². The Kier molecular flexibility index (Phi) is 4.01. The first kappa shape index (κ1) is 14.5. The second-order valence-corrected chi connectivity index (χ2v) is 5.93. The highest BCUT2D eigenvalue weighted by Crippen LogP contribution is 2.32. The molecular formula is C17H17FN4. The summed E-state index contributed by atoms with van der Waals surface area (Å²) in [5, 5.41) is 20.3. The van der Waals surface area contributed by atoms with Crippen LogP contribution < -0.4 is 5.32 Å². The number of hydrogen-bond donors (Lipinski definition) is 1. The van der Waals surface area contributed by atoms with Crippen molar-refractivity contribution < 1.29 is 4.39 Å². The molecule has 0 saturated heterocycles. The average molecular weight is 296 g/mol. The van der Waals surface area contributed by atoms with Crippen LogP contribution in [0.3, 0.4) is 0 Å². The van der Waals surface area contributed by atoms with Crippen molar-refractivity contribution in [3.8, 4) is 17.3 Å². The maximum Gasteiger partial charge on any atom is 0.148 e. The van der Waals surface area contributed by atoms with Gasteiger partial charge in [-0.2, -0.15) is 5.26 Å². The Morgan fingerprint density at radius 1 is 1.27 bits per heavy atom. The average Bonchev–Trinajstić information content (AvgIpc) is 2.51. The number of aromatic nitrogens is 2. The summed E-state index contributed by atoms with van der Waals surface area (Å²) in [6.07, 6.45) is 2.51. The van der Waals surface area contributed by atoms with Gasteiger partial charge in [0, 0.05) is 12.1 Å². The van der Waals surface area contributed by atoms with Crippen molar-refractivity contribution in [1.82, 2.24) is 10.2 Å². The van der Waals surface area contributed by atoms with E-state index in [-0.39, 0.29) is 0 Å². The van der Waals surface area contributed by atoms with E-state index >= 15 is 0 Å². The van der Waals surface area contributed by atoms with E-state index in [4.69, 9.17) is 5.26 Å². The monoisotopic (exact) mass is 296 g/mol. The summed E-state index contributed by atoms with van der Waals surface area (Å²) in [7, 11) is 0. The number of benzene rings is 1. The van der Waals surface area contributed by atoms with Crippen LogP contribution in [0, 0.1) is 29.0 Å². The van der Waals surface area contributed by atoms with Gasteiger partial charge < -0.3 is 5.32 Å². The van der Waals surface area contributed by atoms with Crippen LogP contribution in [0.15, 0.2) is 30.3 Å². The molecule has 1 fully saturated rings. The summed E-state index contributed by atoms with van der Waals surface area (Å²) in [4.78, 5) is 0. The second-order valence-electron chi connectivity index (χ2n) is 5.93. The van der Waals surface area contributed by atoms with Crippen molar-refractivity contribution >= 4 is 5.82 Å². The predicted molar refractivity (Wildman–Crippen MR) is 82.5 cm³/mol. The molecule has 3 rings (SSSR count). The zero-order valence-corrected chi connectivity index (χ0v) is 12.4. The van der Waals surface area contributed by atoms with Gasteiger partial charge in [0.15, 0.2) is 0 Å². The first-order chi connectivity index (χ1) is 10.7. The molecule has 1 aromatic heterocycles. The number of nitrogens with zero attached hydrogens (tertiary/aromatic N) is 3. The Balaban J connectivity index is 1.70. The fraction of sp³-hybridized carbons (Fsp3) is 0.353. The van der Waals surface area contributed by atoms with Gasteiger partial charge in [-0.1, -0.05) is 6.92 Å². The third-order valence-corrected chi connectivity index (χ3v) is 4.08. The molecule has 0 bridgehead atoms. The lowest BCUT2D eigenvalue weighted by Crippen LogP contribution is -2.27. The van der Waals surface area contributed by atoms with Crippen LogP contribution in [0.5, 0.6) is 0 Å². The highest BCUT2D eigenvalue weighted by molar-refractivity contribution is 5.62. The molecule has 2 aromatic rings. The number of nitrogens with one attached hydrogen (secondary N) is 1. The smallest absolute Gasteiger partial charge is 0.148 e. The van der Waals surface area contributed by atoms with Gasteiger partial charge in [-0.25, -0.2) is 4.39 Å². The maximum atomic E-state index is 13.8. The van der Waals surface area contributed by atoms with Gasteiger partial charge in [0.25, 0.3) is 0 Å². The van der Waals surface area contributed by atoms with Gasteiger partial charge in [-0.15, -0.1) is 10.2 Å². The standard InChI is InChI=1S/C17H17FN4/c1-11-6-13(7-11)10-20-17-5-4-16(21-22-17)14-8-12(9-19)2-3-15(14)18/h2-5,8,11,13H,6-7,10H2,1H3,(H,20,22). The number of hydrogen-bond acceptors (Lipinski definition) is 4. The van der Waals surface area contributed by atoms with Crippen LogP contribution in [-0.4, -0.2) is 16.7 Å². The van der Waals surface area contributed by atoms with Crippen molar-refractivity contribution in [2.24, 2.45) is 11.8 Å². The summed E-state index contributed by atoms with van der Waals surface area (Å²) in [6.45, 7) is 3.16. The largest absolute Gasteiger partial charge is 0.368 e. The highest BCUT2D eigenvalue weighted by atomic mass is 19.1. The van der Waals surface area contributed by atoms with Crippen molar-refractivity contribution in [2.45, 2.75) is 19.8 Å². The van der Waals surface area contributed by atoms with E-state index in [1.807, 2.05) is 6.07 Å². The van der Waals surface area contributed by atoms with E-state index in [0.29, 0.717) is 28.6 Å². The van der Waals surface area contributed by atoms with Crippen LogP contribution in [0.1, 0.15) is 25.3 Å². The van der Waals surface area contributed by atoms with Gasteiger partial charge >= 0.3 is 0 Å². The summed E-state index contributed by atoms with van der Waals surface area (Å²) < 4.78 is 13.8. The molecule has 0 radical (unpaired) electrons. The zero-order valence-electron chi connectivity index (χ0n) is 12.4. The first-order valence-electron chi connectivity index (χ1n) is 7.43. The van der Waals surface area contributed by atoms with Crippen LogP contribution in [0.25, 0.3) is 11.3 Å². The van der Waals surface area contributed by atoms with Gasteiger partial charge in [-0.3, -0.25) is 0 Å². The number of nitriles is 1. The van der Waals surface area contributed by atoms with Gasteiger partial charge in [-0.05, 0) is 55.0 Å². The van der Waals surface area contributed by atoms with Crippen molar-refractivity contribution in [3.05, 3.63) is 41.7 Å². The molecule has 1 heterocycles. The summed E-state index contributed by atoms with van der Waals surface area (Å²) >= 11 is 0. The quantitative estimate of drug-likeness (QED) is 0.936. The molecule has 1 N–H and O–H groups in total. The molecule has 0 aliphatic heterocycles. The molecule has 1 aliphatic carbocycles. The molecule has 1 aliphatic rings. The molecule has 0 unspecified atom stereocenters. The SMILES string of the molecule is CC1CC(CNc2ccc(-c3cc(C#N)ccc3F)nn2)C1. The summed E-state index contributed by atoms with van der Waals surface area (Å²) in [5.74, 6) is 1.83. The van der Waals surface area contributed by atoms with E-state index in [0.717, 1.165) is 12.5 Å². The lowest BCUT2D eigenvalue weighted by Gasteiger charge is -2.32. The Morgan fingerprint density at radius 3 is 2.73 bits per heavy atom. The minimum atomic E-state index is -0.405. The van der Waals surface area contributed by atoms with E-state index in [2.05, 4.69) is 22.4 Å². The van der Waals surface area contributed by atoms with Crippen molar-refractivity contribution in [3.63, 3.8) is 0 Å². The third-order valence-electron chi connectivity index (χ3n) is 4.08. The Bertz CT molecular complexity index is 700. The molecule has 0 amide bonds. The topological polar surface area (TPSA) is 61.6 Å². The first-order valence-corrected chi connectivity index (χ1v) is 7.43.